The van der Waals surface area contributed by atoms with Gasteiger partial charge in [-0.25, -0.2) is 4.79 Å². The van der Waals surface area contributed by atoms with E-state index in [1.54, 1.807) is 25.6 Å². The normalized spacial score (nSPS) is 11.3. The Bertz CT molecular complexity index is 457. The van der Waals surface area contributed by atoms with Gasteiger partial charge in [0.2, 0.25) is 5.91 Å². The molecule has 0 spiro atoms. The average Bonchev–Trinajstić information content (AvgIpc) is 2.78. The molecule has 0 aliphatic heterocycles. The van der Waals surface area contributed by atoms with Gasteiger partial charge in [-0.15, -0.1) is 0 Å². The van der Waals surface area contributed by atoms with E-state index in [-0.39, 0.29) is 5.91 Å². The monoisotopic (exact) mass is 285 g/mol. The highest BCUT2D eigenvalue weighted by Crippen LogP contribution is 2.17. The van der Waals surface area contributed by atoms with Crippen molar-refractivity contribution < 1.29 is 14.7 Å². The first kappa shape index (κ1) is 15.6. The zero-order valence-electron chi connectivity index (χ0n) is 11.3. The molecule has 0 atom stereocenters. The zero-order chi connectivity index (χ0) is 14.5. The van der Waals surface area contributed by atoms with Crippen LogP contribution in [0.15, 0.2) is 12.4 Å². The number of carboxylic acid groups (broad SMARTS) is 1. The van der Waals surface area contributed by atoms with E-state index in [0.29, 0.717) is 11.4 Å². The lowest BCUT2D eigenvalue weighted by Crippen LogP contribution is -2.35. The number of nitrogens with zero attached hydrogens (tertiary/aromatic N) is 2. The largest absolute Gasteiger partial charge is 0.479 e. The lowest BCUT2D eigenvalue weighted by atomic mass is 10.1. The SMILES string of the molecule is CCCSCC(=O)Nc1cnn(C(C)(C)C(=O)O)c1. The second-order valence-corrected chi connectivity index (χ2v) is 5.74. The molecule has 1 aromatic heterocycles. The second kappa shape index (κ2) is 6.60. The quantitative estimate of drug-likeness (QED) is 0.746. The molecule has 0 bridgehead atoms. The Labute approximate surface area is 116 Å². The number of carbonyl (C=O) groups excluding carboxylic acids is 1. The lowest BCUT2D eigenvalue weighted by molar-refractivity contribution is -0.146. The molecule has 0 aromatic carbocycles. The van der Waals surface area contributed by atoms with Crippen molar-refractivity contribution in [2.24, 2.45) is 0 Å². The molecule has 0 aliphatic rings. The van der Waals surface area contributed by atoms with E-state index < -0.39 is 11.5 Å². The molecule has 6 nitrogen and oxygen atoms in total. The summed E-state index contributed by atoms with van der Waals surface area (Å²) < 4.78 is 1.32. The maximum atomic E-state index is 11.6. The highest BCUT2D eigenvalue weighted by molar-refractivity contribution is 7.99. The molecular weight excluding hydrogens is 266 g/mol. The fraction of sp³-hybridized carbons (Fsp3) is 0.583. The molecule has 0 saturated carbocycles. The molecular formula is C12H19N3O3S. The van der Waals surface area contributed by atoms with Gasteiger partial charge in [0, 0.05) is 6.20 Å². The van der Waals surface area contributed by atoms with E-state index in [4.69, 9.17) is 5.11 Å². The molecule has 106 valence electrons. The van der Waals surface area contributed by atoms with Crippen molar-refractivity contribution in [2.45, 2.75) is 32.7 Å². The van der Waals surface area contributed by atoms with Gasteiger partial charge < -0.3 is 10.4 Å². The van der Waals surface area contributed by atoms with Crippen LogP contribution in [0.25, 0.3) is 0 Å². The Hall–Kier alpha value is -1.50. The third kappa shape index (κ3) is 4.27. The molecule has 0 radical (unpaired) electrons. The smallest absolute Gasteiger partial charge is 0.331 e. The fourth-order valence-electron chi connectivity index (χ4n) is 1.30. The van der Waals surface area contributed by atoms with Crippen LogP contribution in [0.4, 0.5) is 5.69 Å². The van der Waals surface area contributed by atoms with Gasteiger partial charge in [0.05, 0.1) is 17.6 Å². The number of hydrogen-bond donors (Lipinski definition) is 2. The maximum absolute atomic E-state index is 11.6. The van der Waals surface area contributed by atoms with Gasteiger partial charge in [-0.3, -0.25) is 9.48 Å². The number of thioether (sulfide) groups is 1. The molecule has 0 saturated heterocycles. The van der Waals surface area contributed by atoms with E-state index in [0.717, 1.165) is 12.2 Å². The lowest BCUT2D eigenvalue weighted by Gasteiger charge is -2.19. The van der Waals surface area contributed by atoms with Crippen molar-refractivity contribution in [1.82, 2.24) is 9.78 Å². The summed E-state index contributed by atoms with van der Waals surface area (Å²) in [6.45, 7) is 5.15. The minimum absolute atomic E-state index is 0.105. The highest BCUT2D eigenvalue weighted by atomic mass is 32.2. The Balaban J connectivity index is 2.60. The van der Waals surface area contributed by atoms with Crippen LogP contribution in [0.3, 0.4) is 0 Å². The summed E-state index contributed by atoms with van der Waals surface area (Å²) in [5.74, 6) is 0.248. The third-order valence-electron chi connectivity index (χ3n) is 2.54. The van der Waals surface area contributed by atoms with Crippen molar-refractivity contribution >= 4 is 29.3 Å². The predicted molar refractivity (Wildman–Crippen MR) is 75.4 cm³/mol. The molecule has 7 heteroatoms. The molecule has 0 fully saturated rings. The van der Waals surface area contributed by atoms with Crippen molar-refractivity contribution in [2.75, 3.05) is 16.8 Å². The standard InChI is InChI=1S/C12H19N3O3S/c1-4-5-19-8-10(16)14-9-6-13-15(7-9)12(2,3)11(17)18/h6-7H,4-5,8H2,1-3H3,(H,14,16)(H,17,18). The van der Waals surface area contributed by atoms with E-state index in [1.165, 1.54) is 17.1 Å². The fourth-order valence-corrected chi connectivity index (χ4v) is 1.99. The molecule has 1 heterocycles. The number of nitrogens with one attached hydrogen (secondary N) is 1. The first-order chi connectivity index (χ1) is 8.87. The average molecular weight is 285 g/mol. The van der Waals surface area contributed by atoms with E-state index >= 15 is 0 Å². The summed E-state index contributed by atoms with van der Waals surface area (Å²) in [5, 5.41) is 15.7. The van der Waals surface area contributed by atoms with Gasteiger partial charge in [0.1, 0.15) is 0 Å². The highest BCUT2D eigenvalue weighted by Gasteiger charge is 2.30. The van der Waals surface area contributed by atoms with Crippen LogP contribution in [0.5, 0.6) is 0 Å². The van der Waals surface area contributed by atoms with Crippen molar-refractivity contribution in [3.8, 4) is 0 Å². The number of amides is 1. The predicted octanol–water partition coefficient (Wildman–Crippen LogP) is 1.78. The third-order valence-corrected chi connectivity index (χ3v) is 3.71. The van der Waals surface area contributed by atoms with Gasteiger partial charge in [-0.05, 0) is 26.0 Å². The van der Waals surface area contributed by atoms with Crippen molar-refractivity contribution in [3.63, 3.8) is 0 Å². The van der Waals surface area contributed by atoms with Crippen LogP contribution in [0.1, 0.15) is 27.2 Å². The van der Waals surface area contributed by atoms with Crippen LogP contribution in [0, 0.1) is 0 Å². The van der Waals surface area contributed by atoms with Gasteiger partial charge in [0.25, 0.3) is 0 Å². The number of carboxylic acids is 1. The molecule has 2 N–H and O–H groups in total. The van der Waals surface area contributed by atoms with Crippen molar-refractivity contribution in [3.05, 3.63) is 12.4 Å². The minimum Gasteiger partial charge on any atom is -0.479 e. The van der Waals surface area contributed by atoms with Crippen molar-refractivity contribution in [1.29, 1.82) is 0 Å². The number of carbonyl (C=O) groups is 2. The Morgan fingerprint density at radius 1 is 1.53 bits per heavy atom. The topological polar surface area (TPSA) is 84.2 Å². The van der Waals surface area contributed by atoms with Gasteiger partial charge in [-0.1, -0.05) is 6.92 Å². The van der Waals surface area contributed by atoms with Gasteiger partial charge in [-0.2, -0.15) is 16.9 Å². The molecule has 1 amide bonds. The molecule has 1 rings (SSSR count). The maximum Gasteiger partial charge on any atom is 0.331 e. The summed E-state index contributed by atoms with van der Waals surface area (Å²) in [6.07, 6.45) is 4.01. The summed E-state index contributed by atoms with van der Waals surface area (Å²) in [7, 11) is 0. The van der Waals surface area contributed by atoms with Crippen LogP contribution < -0.4 is 5.32 Å². The first-order valence-corrected chi connectivity index (χ1v) is 7.19. The van der Waals surface area contributed by atoms with Crippen LogP contribution in [-0.4, -0.2) is 38.3 Å². The summed E-state index contributed by atoms with van der Waals surface area (Å²) in [6, 6.07) is 0. The number of rotatable bonds is 7. The molecule has 0 unspecified atom stereocenters. The van der Waals surface area contributed by atoms with Crippen LogP contribution in [-0.2, 0) is 15.1 Å². The van der Waals surface area contributed by atoms with E-state index in [9.17, 15) is 9.59 Å². The van der Waals surface area contributed by atoms with E-state index in [2.05, 4.69) is 17.3 Å². The van der Waals surface area contributed by atoms with Gasteiger partial charge in [0.15, 0.2) is 5.54 Å². The summed E-state index contributed by atoms with van der Waals surface area (Å²) in [4.78, 5) is 22.7. The zero-order valence-corrected chi connectivity index (χ0v) is 12.2. The Kier molecular flexibility index (Phi) is 5.41. The molecule has 0 aliphatic carbocycles. The van der Waals surface area contributed by atoms with Crippen LogP contribution in [0.2, 0.25) is 0 Å². The number of aliphatic carboxylic acids is 1. The Morgan fingerprint density at radius 2 is 2.21 bits per heavy atom. The number of anilines is 1. The van der Waals surface area contributed by atoms with E-state index in [1.807, 2.05) is 0 Å². The Morgan fingerprint density at radius 3 is 2.79 bits per heavy atom. The second-order valence-electron chi connectivity index (χ2n) is 4.64. The molecule has 19 heavy (non-hydrogen) atoms. The summed E-state index contributed by atoms with van der Waals surface area (Å²) >= 11 is 1.56. The number of aromatic nitrogens is 2. The minimum atomic E-state index is -1.14. The van der Waals surface area contributed by atoms with Gasteiger partial charge >= 0.3 is 5.97 Å². The van der Waals surface area contributed by atoms with Crippen LogP contribution >= 0.6 is 11.8 Å². The molecule has 1 aromatic rings. The number of hydrogen-bond acceptors (Lipinski definition) is 4. The first-order valence-electron chi connectivity index (χ1n) is 6.04. The summed E-state index contributed by atoms with van der Waals surface area (Å²) in [5.41, 5.74) is -0.628.